The first-order chi connectivity index (χ1) is 14.3. The molecule has 0 aliphatic carbocycles. The summed E-state index contributed by atoms with van der Waals surface area (Å²) in [5.41, 5.74) is 4.09. The summed E-state index contributed by atoms with van der Waals surface area (Å²) in [6, 6.07) is 19.3. The zero-order valence-corrected chi connectivity index (χ0v) is 17.9. The molecule has 1 fully saturated rings. The molecular formula is C24H35N5. The molecule has 0 atom stereocenters. The van der Waals surface area contributed by atoms with Crippen LogP contribution in [0.25, 0.3) is 0 Å². The molecule has 0 saturated carbocycles. The predicted molar refractivity (Wildman–Crippen MR) is 122 cm³/mol. The van der Waals surface area contributed by atoms with Crippen molar-refractivity contribution in [2.24, 2.45) is 4.99 Å². The second-order valence-electron chi connectivity index (χ2n) is 7.57. The summed E-state index contributed by atoms with van der Waals surface area (Å²) in [6.45, 7) is 10.7. The minimum atomic E-state index is 0.788. The molecule has 5 heteroatoms. The van der Waals surface area contributed by atoms with Crippen LogP contribution in [0.15, 0.2) is 59.6 Å². The molecule has 0 unspecified atom stereocenters. The number of hydrogen-bond acceptors (Lipinski definition) is 3. The van der Waals surface area contributed by atoms with Crippen LogP contribution >= 0.6 is 0 Å². The summed E-state index contributed by atoms with van der Waals surface area (Å²) in [4.78, 5) is 9.47. The highest BCUT2D eigenvalue weighted by molar-refractivity contribution is 5.79. The van der Waals surface area contributed by atoms with Gasteiger partial charge < -0.3 is 15.5 Å². The lowest BCUT2D eigenvalue weighted by Crippen LogP contribution is -2.45. The van der Waals surface area contributed by atoms with E-state index in [-0.39, 0.29) is 0 Å². The molecular weight excluding hydrogens is 358 g/mol. The van der Waals surface area contributed by atoms with Crippen LogP contribution in [-0.2, 0) is 19.5 Å². The molecule has 0 amide bonds. The fraction of sp³-hybridized carbons (Fsp3) is 0.458. The average molecular weight is 394 g/mol. The Morgan fingerprint density at radius 2 is 1.52 bits per heavy atom. The minimum Gasteiger partial charge on any atom is -0.356 e. The molecule has 0 radical (unpaired) electrons. The van der Waals surface area contributed by atoms with Crippen LogP contribution in [0.3, 0.4) is 0 Å². The lowest BCUT2D eigenvalue weighted by atomic mass is 10.1. The van der Waals surface area contributed by atoms with Gasteiger partial charge in [0.2, 0.25) is 0 Å². The third-order valence-corrected chi connectivity index (χ3v) is 5.64. The maximum atomic E-state index is 4.38. The van der Waals surface area contributed by atoms with Gasteiger partial charge in [0.1, 0.15) is 0 Å². The molecule has 0 spiro atoms. The van der Waals surface area contributed by atoms with E-state index in [1.807, 2.05) is 7.05 Å². The molecule has 29 heavy (non-hydrogen) atoms. The van der Waals surface area contributed by atoms with Crippen molar-refractivity contribution < 1.29 is 0 Å². The fourth-order valence-corrected chi connectivity index (χ4v) is 3.76. The maximum absolute atomic E-state index is 4.38. The second kappa shape index (κ2) is 11.6. The van der Waals surface area contributed by atoms with Gasteiger partial charge in [-0.05, 0) is 29.7 Å². The van der Waals surface area contributed by atoms with Crippen molar-refractivity contribution in [1.82, 2.24) is 20.4 Å². The largest absolute Gasteiger partial charge is 0.356 e. The number of benzene rings is 2. The molecule has 156 valence electrons. The first-order valence-corrected chi connectivity index (χ1v) is 10.8. The van der Waals surface area contributed by atoms with Gasteiger partial charge in [-0.3, -0.25) is 9.89 Å². The van der Waals surface area contributed by atoms with Gasteiger partial charge in [0.05, 0.1) is 0 Å². The highest BCUT2D eigenvalue weighted by atomic mass is 15.3. The minimum absolute atomic E-state index is 0.788. The Morgan fingerprint density at radius 1 is 0.862 bits per heavy atom. The van der Waals surface area contributed by atoms with Crippen LogP contribution in [0.2, 0.25) is 0 Å². The summed E-state index contributed by atoms with van der Waals surface area (Å²) >= 11 is 0. The van der Waals surface area contributed by atoms with Gasteiger partial charge in [0.25, 0.3) is 0 Å². The zero-order valence-electron chi connectivity index (χ0n) is 17.9. The van der Waals surface area contributed by atoms with Crippen molar-refractivity contribution in [2.75, 3.05) is 46.3 Å². The molecule has 1 aliphatic rings. The summed E-state index contributed by atoms with van der Waals surface area (Å²) in [5, 5.41) is 6.90. The molecule has 0 bridgehead atoms. The number of guanidine groups is 1. The molecule has 2 aromatic rings. The zero-order chi connectivity index (χ0) is 20.3. The average Bonchev–Trinajstić information content (AvgIpc) is 2.78. The number of nitrogens with zero attached hydrogens (tertiary/aromatic N) is 3. The summed E-state index contributed by atoms with van der Waals surface area (Å²) < 4.78 is 0. The Hall–Kier alpha value is -2.37. The van der Waals surface area contributed by atoms with Crippen LogP contribution in [0.1, 0.15) is 23.6 Å². The van der Waals surface area contributed by atoms with Crippen molar-refractivity contribution in [3.05, 3.63) is 71.3 Å². The predicted octanol–water partition coefficient (Wildman–Crippen LogP) is 2.73. The first-order valence-electron chi connectivity index (χ1n) is 10.8. The smallest absolute Gasteiger partial charge is 0.191 e. The van der Waals surface area contributed by atoms with Gasteiger partial charge in [0, 0.05) is 52.9 Å². The Kier molecular flexibility index (Phi) is 8.53. The molecule has 2 N–H and O–H groups in total. The lowest BCUT2D eigenvalue weighted by Gasteiger charge is -2.34. The monoisotopic (exact) mass is 393 g/mol. The van der Waals surface area contributed by atoms with E-state index in [1.165, 1.54) is 29.8 Å². The van der Waals surface area contributed by atoms with Gasteiger partial charge in [-0.15, -0.1) is 0 Å². The third kappa shape index (κ3) is 6.87. The number of piperazine rings is 1. The van der Waals surface area contributed by atoms with Crippen molar-refractivity contribution in [3.8, 4) is 0 Å². The van der Waals surface area contributed by atoms with E-state index < -0.39 is 0 Å². The van der Waals surface area contributed by atoms with E-state index in [1.54, 1.807) is 0 Å². The number of likely N-dealkylation sites (N-methyl/N-ethyl adjacent to an activating group) is 1. The summed E-state index contributed by atoms with van der Waals surface area (Å²) in [6.07, 6.45) is 0.988. The number of nitrogens with one attached hydrogen (secondary N) is 2. The van der Waals surface area contributed by atoms with E-state index in [4.69, 9.17) is 0 Å². The summed E-state index contributed by atoms with van der Waals surface area (Å²) in [7, 11) is 1.83. The highest BCUT2D eigenvalue weighted by Gasteiger charge is 2.16. The number of aliphatic imine (C=N–C) groups is 1. The van der Waals surface area contributed by atoms with Crippen molar-refractivity contribution >= 4 is 5.96 Å². The normalized spacial score (nSPS) is 16.0. The van der Waals surface area contributed by atoms with E-state index in [0.29, 0.717) is 0 Å². The SMILES string of the molecule is CCN1CCN(Cc2ccccc2CNC(=NC)NCCc2ccccc2)CC1. The highest BCUT2D eigenvalue weighted by Crippen LogP contribution is 2.13. The maximum Gasteiger partial charge on any atom is 0.191 e. The molecule has 0 aromatic heterocycles. The molecule has 1 heterocycles. The van der Waals surface area contributed by atoms with E-state index in [0.717, 1.165) is 51.6 Å². The van der Waals surface area contributed by atoms with Gasteiger partial charge in [0.15, 0.2) is 5.96 Å². The van der Waals surface area contributed by atoms with E-state index in [9.17, 15) is 0 Å². The van der Waals surface area contributed by atoms with Crippen molar-refractivity contribution in [1.29, 1.82) is 0 Å². The van der Waals surface area contributed by atoms with Crippen LogP contribution in [-0.4, -0.2) is 62.1 Å². The van der Waals surface area contributed by atoms with E-state index in [2.05, 4.69) is 86.9 Å². The molecule has 1 aliphatic heterocycles. The Bertz CT molecular complexity index is 751. The van der Waals surface area contributed by atoms with Crippen LogP contribution < -0.4 is 10.6 Å². The quantitative estimate of drug-likeness (QED) is 0.535. The molecule has 1 saturated heterocycles. The van der Waals surface area contributed by atoms with E-state index >= 15 is 0 Å². The van der Waals surface area contributed by atoms with Crippen molar-refractivity contribution in [2.45, 2.75) is 26.4 Å². The van der Waals surface area contributed by atoms with Crippen molar-refractivity contribution in [3.63, 3.8) is 0 Å². The van der Waals surface area contributed by atoms with Gasteiger partial charge in [-0.25, -0.2) is 0 Å². The topological polar surface area (TPSA) is 42.9 Å². The second-order valence-corrected chi connectivity index (χ2v) is 7.57. The molecule has 2 aromatic carbocycles. The van der Waals surface area contributed by atoms with Crippen LogP contribution in [0, 0.1) is 0 Å². The Balaban J connectivity index is 1.48. The Morgan fingerprint density at radius 3 is 2.21 bits per heavy atom. The van der Waals surface area contributed by atoms with Crippen LogP contribution in [0.4, 0.5) is 0 Å². The number of rotatable bonds is 8. The fourth-order valence-electron chi connectivity index (χ4n) is 3.76. The Labute approximate surface area is 175 Å². The standard InChI is InChI=1S/C24H35N5/c1-3-28-15-17-29(18-16-28)20-23-12-8-7-11-22(23)19-27-24(25-2)26-14-13-21-9-5-4-6-10-21/h4-12H,3,13-20H2,1-2H3,(H2,25,26,27). The summed E-state index contributed by atoms with van der Waals surface area (Å²) in [5.74, 6) is 0.854. The third-order valence-electron chi connectivity index (χ3n) is 5.64. The van der Waals surface area contributed by atoms with Gasteiger partial charge >= 0.3 is 0 Å². The molecule has 5 nitrogen and oxygen atoms in total. The van der Waals surface area contributed by atoms with Gasteiger partial charge in [-0.1, -0.05) is 61.5 Å². The van der Waals surface area contributed by atoms with Crippen LogP contribution in [0.5, 0.6) is 0 Å². The first kappa shape index (κ1) is 21.3. The number of hydrogen-bond donors (Lipinski definition) is 2. The molecule has 3 rings (SSSR count). The lowest BCUT2D eigenvalue weighted by molar-refractivity contribution is 0.131. The van der Waals surface area contributed by atoms with Gasteiger partial charge in [-0.2, -0.15) is 0 Å².